The SMILES string of the molecule is CCCCS(=O)(=O)N1CCCCC1CNC(C)C. The minimum absolute atomic E-state index is 0.156. The number of nitrogens with one attached hydrogen (secondary N) is 1. The minimum atomic E-state index is -3.05. The van der Waals surface area contributed by atoms with Crippen molar-refractivity contribution in [2.24, 2.45) is 0 Å². The third kappa shape index (κ3) is 4.86. The van der Waals surface area contributed by atoms with E-state index in [0.717, 1.165) is 38.6 Å². The number of unbranched alkanes of at least 4 members (excludes halogenated alkanes) is 1. The molecule has 1 aliphatic rings. The quantitative estimate of drug-likeness (QED) is 0.773. The van der Waals surface area contributed by atoms with Gasteiger partial charge < -0.3 is 5.32 Å². The molecule has 0 radical (unpaired) electrons. The molecule has 0 bridgehead atoms. The standard InChI is InChI=1S/C13H28N2O2S/c1-4-5-10-18(16,17)15-9-7-6-8-13(15)11-14-12(2)3/h12-14H,4-11H2,1-3H3. The van der Waals surface area contributed by atoms with Crippen molar-refractivity contribution in [2.45, 2.75) is 65.0 Å². The topological polar surface area (TPSA) is 49.4 Å². The van der Waals surface area contributed by atoms with Crippen molar-refractivity contribution in [3.8, 4) is 0 Å². The first kappa shape index (κ1) is 15.9. The normalized spacial score (nSPS) is 22.6. The van der Waals surface area contributed by atoms with E-state index < -0.39 is 10.0 Å². The number of hydrogen-bond donors (Lipinski definition) is 1. The summed E-state index contributed by atoms with van der Waals surface area (Å²) in [5.41, 5.74) is 0. The molecule has 0 aromatic rings. The number of rotatable bonds is 7. The molecule has 1 aliphatic heterocycles. The van der Waals surface area contributed by atoms with Crippen LogP contribution in [-0.4, -0.2) is 43.6 Å². The minimum Gasteiger partial charge on any atom is -0.313 e. The first-order valence-corrected chi connectivity index (χ1v) is 8.81. The molecule has 1 heterocycles. The summed E-state index contributed by atoms with van der Waals surface area (Å²) in [6, 6.07) is 0.565. The van der Waals surface area contributed by atoms with Gasteiger partial charge in [0.15, 0.2) is 0 Å². The molecule has 5 heteroatoms. The van der Waals surface area contributed by atoms with Gasteiger partial charge in [0.05, 0.1) is 5.75 Å². The summed E-state index contributed by atoms with van der Waals surface area (Å²) in [5, 5.41) is 3.37. The van der Waals surface area contributed by atoms with E-state index in [0.29, 0.717) is 18.3 Å². The second-order valence-corrected chi connectivity index (χ2v) is 7.53. The summed E-state index contributed by atoms with van der Waals surface area (Å²) in [5.74, 6) is 0.307. The van der Waals surface area contributed by atoms with Crippen molar-refractivity contribution >= 4 is 10.0 Å². The lowest BCUT2D eigenvalue weighted by atomic mass is 10.0. The molecule has 0 aliphatic carbocycles. The van der Waals surface area contributed by atoms with E-state index >= 15 is 0 Å². The molecule has 1 saturated heterocycles. The van der Waals surface area contributed by atoms with Gasteiger partial charge in [0.2, 0.25) is 10.0 Å². The van der Waals surface area contributed by atoms with E-state index in [-0.39, 0.29) is 6.04 Å². The van der Waals surface area contributed by atoms with Gasteiger partial charge in [-0.25, -0.2) is 8.42 Å². The molecule has 1 N–H and O–H groups in total. The Kier molecular flexibility index (Phi) is 6.60. The summed E-state index contributed by atoms with van der Waals surface area (Å²) in [4.78, 5) is 0. The molecule has 108 valence electrons. The Bertz CT molecular complexity index is 328. The van der Waals surface area contributed by atoms with Crippen LogP contribution in [0, 0.1) is 0 Å². The zero-order valence-corrected chi connectivity index (χ0v) is 12.8. The van der Waals surface area contributed by atoms with Crippen LogP contribution >= 0.6 is 0 Å². The van der Waals surface area contributed by atoms with Gasteiger partial charge in [0, 0.05) is 25.2 Å². The van der Waals surface area contributed by atoms with E-state index in [9.17, 15) is 8.42 Å². The maximum absolute atomic E-state index is 12.3. The van der Waals surface area contributed by atoms with Crippen LogP contribution in [-0.2, 0) is 10.0 Å². The number of sulfonamides is 1. The van der Waals surface area contributed by atoms with Gasteiger partial charge in [-0.05, 0) is 19.3 Å². The molecule has 0 amide bonds. The molecule has 1 rings (SSSR count). The molecule has 1 unspecified atom stereocenters. The van der Waals surface area contributed by atoms with Gasteiger partial charge in [-0.15, -0.1) is 0 Å². The van der Waals surface area contributed by atoms with Gasteiger partial charge in [-0.2, -0.15) is 4.31 Å². The Labute approximate surface area is 112 Å². The van der Waals surface area contributed by atoms with Gasteiger partial charge in [-0.3, -0.25) is 0 Å². The maximum Gasteiger partial charge on any atom is 0.214 e. The fraction of sp³-hybridized carbons (Fsp3) is 1.00. The van der Waals surface area contributed by atoms with Crippen LogP contribution < -0.4 is 5.32 Å². The van der Waals surface area contributed by atoms with Gasteiger partial charge in [0.1, 0.15) is 0 Å². The van der Waals surface area contributed by atoms with Crippen molar-refractivity contribution in [3.05, 3.63) is 0 Å². The lowest BCUT2D eigenvalue weighted by molar-refractivity contribution is 0.242. The van der Waals surface area contributed by atoms with Gasteiger partial charge >= 0.3 is 0 Å². The van der Waals surface area contributed by atoms with E-state index in [1.807, 2.05) is 6.92 Å². The summed E-state index contributed by atoms with van der Waals surface area (Å²) in [6.07, 6.45) is 4.84. The Balaban J connectivity index is 2.63. The van der Waals surface area contributed by atoms with Crippen molar-refractivity contribution in [3.63, 3.8) is 0 Å². The number of nitrogens with zero attached hydrogens (tertiary/aromatic N) is 1. The van der Waals surface area contributed by atoms with Crippen molar-refractivity contribution in [2.75, 3.05) is 18.8 Å². The molecular weight excluding hydrogens is 248 g/mol. The predicted octanol–water partition coefficient (Wildman–Crippen LogP) is 1.97. The Hall–Kier alpha value is -0.130. The molecule has 0 aromatic carbocycles. The largest absolute Gasteiger partial charge is 0.313 e. The fourth-order valence-corrected chi connectivity index (χ4v) is 4.29. The lowest BCUT2D eigenvalue weighted by Gasteiger charge is -2.35. The third-order valence-electron chi connectivity index (χ3n) is 3.45. The van der Waals surface area contributed by atoms with E-state index in [2.05, 4.69) is 19.2 Å². The summed E-state index contributed by atoms with van der Waals surface area (Å²) in [7, 11) is -3.05. The van der Waals surface area contributed by atoms with Crippen LogP contribution in [0.5, 0.6) is 0 Å². The highest BCUT2D eigenvalue weighted by Gasteiger charge is 2.31. The third-order valence-corrected chi connectivity index (χ3v) is 5.45. The first-order chi connectivity index (χ1) is 8.47. The van der Waals surface area contributed by atoms with Crippen LogP contribution in [0.25, 0.3) is 0 Å². The number of piperidine rings is 1. The second kappa shape index (κ2) is 7.46. The lowest BCUT2D eigenvalue weighted by Crippen LogP contribution is -2.50. The smallest absolute Gasteiger partial charge is 0.214 e. The van der Waals surface area contributed by atoms with E-state index in [1.54, 1.807) is 4.31 Å². The Morgan fingerprint density at radius 1 is 1.33 bits per heavy atom. The summed E-state index contributed by atoms with van der Waals surface area (Å²) in [6.45, 7) is 7.71. The molecule has 4 nitrogen and oxygen atoms in total. The van der Waals surface area contributed by atoms with Crippen LogP contribution in [0.2, 0.25) is 0 Å². The molecule has 0 spiro atoms. The van der Waals surface area contributed by atoms with Gasteiger partial charge in [-0.1, -0.05) is 33.6 Å². The van der Waals surface area contributed by atoms with Crippen molar-refractivity contribution in [1.82, 2.24) is 9.62 Å². The molecule has 0 saturated carbocycles. The fourth-order valence-electron chi connectivity index (χ4n) is 2.36. The molecule has 0 aromatic heterocycles. The maximum atomic E-state index is 12.3. The van der Waals surface area contributed by atoms with Crippen LogP contribution in [0.3, 0.4) is 0 Å². The molecule has 1 atom stereocenters. The van der Waals surface area contributed by atoms with Crippen molar-refractivity contribution < 1.29 is 8.42 Å². The number of hydrogen-bond acceptors (Lipinski definition) is 3. The highest BCUT2D eigenvalue weighted by molar-refractivity contribution is 7.89. The molecule has 1 fully saturated rings. The highest BCUT2D eigenvalue weighted by atomic mass is 32.2. The van der Waals surface area contributed by atoms with Crippen LogP contribution in [0.1, 0.15) is 52.9 Å². The summed E-state index contributed by atoms with van der Waals surface area (Å²) < 4.78 is 26.3. The zero-order chi connectivity index (χ0) is 13.6. The second-order valence-electron chi connectivity index (χ2n) is 5.49. The monoisotopic (exact) mass is 276 g/mol. The zero-order valence-electron chi connectivity index (χ0n) is 12.0. The van der Waals surface area contributed by atoms with E-state index in [4.69, 9.17) is 0 Å². The average Bonchev–Trinajstić information content (AvgIpc) is 2.34. The van der Waals surface area contributed by atoms with Gasteiger partial charge in [0.25, 0.3) is 0 Å². The van der Waals surface area contributed by atoms with Crippen LogP contribution in [0.15, 0.2) is 0 Å². The predicted molar refractivity (Wildman–Crippen MR) is 76.2 cm³/mol. The van der Waals surface area contributed by atoms with Crippen molar-refractivity contribution in [1.29, 1.82) is 0 Å². The molecule has 18 heavy (non-hydrogen) atoms. The molecular formula is C13H28N2O2S. The first-order valence-electron chi connectivity index (χ1n) is 7.20. The van der Waals surface area contributed by atoms with Crippen LogP contribution in [0.4, 0.5) is 0 Å². The Morgan fingerprint density at radius 3 is 2.67 bits per heavy atom. The Morgan fingerprint density at radius 2 is 2.06 bits per heavy atom. The highest BCUT2D eigenvalue weighted by Crippen LogP contribution is 2.21. The van der Waals surface area contributed by atoms with E-state index in [1.165, 1.54) is 0 Å². The average molecular weight is 276 g/mol. The summed E-state index contributed by atoms with van der Waals surface area (Å²) >= 11 is 0.